The van der Waals surface area contributed by atoms with E-state index in [1.54, 1.807) is 12.1 Å². The molecule has 0 spiro atoms. The van der Waals surface area contributed by atoms with Crippen molar-refractivity contribution in [3.8, 4) is 23.5 Å². The van der Waals surface area contributed by atoms with Gasteiger partial charge in [0.2, 0.25) is 23.6 Å². The number of benzene rings is 1. The van der Waals surface area contributed by atoms with Crippen LogP contribution in [0.2, 0.25) is 19.6 Å². The standard InChI is InChI=1S/C31H43N5O5Si/c1-19-9-13-24(42(6,7)8)18-25(19)41-27-14-12-23(40-27)17-26(37)32-28-29(38-4)33-31(34-30(28)39-5)36-20-10-11-21(36)16-22(15-20)35(2)3/h9,12-14,18,20-22H,10-11,15-17H2,1-8H3,(H,32,37). The van der Waals surface area contributed by atoms with Gasteiger partial charge in [-0.15, -0.1) is 0 Å². The Morgan fingerprint density at radius 1 is 1.05 bits per heavy atom. The van der Waals surface area contributed by atoms with Gasteiger partial charge >= 0.3 is 0 Å². The number of hydrogen-bond acceptors (Lipinski definition) is 9. The Balaban J connectivity index is 1.29. The minimum atomic E-state index is -1.50. The number of aromatic nitrogens is 2. The molecule has 0 saturated carbocycles. The Labute approximate surface area is 249 Å². The Morgan fingerprint density at radius 3 is 2.26 bits per heavy atom. The van der Waals surface area contributed by atoms with E-state index in [0.717, 1.165) is 37.0 Å². The first-order chi connectivity index (χ1) is 20.0. The molecule has 2 saturated heterocycles. The smallest absolute Gasteiger partial charge is 0.290 e. The van der Waals surface area contributed by atoms with Crippen LogP contribution in [0.3, 0.4) is 0 Å². The predicted molar refractivity (Wildman–Crippen MR) is 166 cm³/mol. The van der Waals surface area contributed by atoms with Crippen molar-refractivity contribution < 1.29 is 23.4 Å². The van der Waals surface area contributed by atoms with E-state index in [1.165, 1.54) is 19.4 Å². The van der Waals surface area contributed by atoms with Gasteiger partial charge in [-0.3, -0.25) is 4.79 Å². The molecule has 1 N–H and O–H groups in total. The summed E-state index contributed by atoms with van der Waals surface area (Å²) in [4.78, 5) is 27.2. The molecule has 0 radical (unpaired) electrons. The first-order valence-electron chi connectivity index (χ1n) is 14.6. The topological polar surface area (TPSA) is 102 Å². The number of aryl methyl sites for hydroxylation is 1. The van der Waals surface area contributed by atoms with Crippen molar-refractivity contribution in [2.45, 2.75) is 76.8 Å². The molecule has 5 rings (SSSR count). The second kappa shape index (κ2) is 12.0. The molecule has 11 heteroatoms. The summed E-state index contributed by atoms with van der Waals surface area (Å²) in [5.74, 6) is 2.36. The van der Waals surface area contributed by atoms with Crippen molar-refractivity contribution in [3.63, 3.8) is 0 Å². The van der Waals surface area contributed by atoms with Gasteiger partial charge in [0.25, 0.3) is 5.95 Å². The third-order valence-electron chi connectivity index (χ3n) is 8.39. The van der Waals surface area contributed by atoms with E-state index in [4.69, 9.17) is 28.6 Å². The third-order valence-corrected chi connectivity index (χ3v) is 10.4. The van der Waals surface area contributed by atoms with Gasteiger partial charge in [-0.2, -0.15) is 9.97 Å². The van der Waals surface area contributed by atoms with Crippen LogP contribution in [0.15, 0.2) is 34.7 Å². The fourth-order valence-electron chi connectivity index (χ4n) is 5.96. The van der Waals surface area contributed by atoms with E-state index in [1.807, 2.05) is 6.92 Å². The Kier molecular flexibility index (Phi) is 8.52. The summed E-state index contributed by atoms with van der Waals surface area (Å²) in [5.41, 5.74) is 1.32. The molecule has 2 aromatic heterocycles. The van der Waals surface area contributed by atoms with E-state index in [9.17, 15) is 4.79 Å². The van der Waals surface area contributed by atoms with E-state index in [0.29, 0.717) is 41.5 Å². The lowest BCUT2D eigenvalue weighted by molar-refractivity contribution is -0.115. The van der Waals surface area contributed by atoms with Crippen LogP contribution in [0.5, 0.6) is 23.5 Å². The average molecular weight is 594 g/mol. The zero-order chi connectivity index (χ0) is 30.2. The number of furan rings is 1. The molecule has 1 aromatic carbocycles. The van der Waals surface area contributed by atoms with Crippen LogP contribution in [0.1, 0.15) is 37.0 Å². The molecule has 2 fully saturated rings. The first-order valence-corrected chi connectivity index (χ1v) is 18.1. The Hall–Kier alpha value is -3.57. The van der Waals surface area contributed by atoms with E-state index in [-0.39, 0.29) is 24.1 Å². The quantitative estimate of drug-likeness (QED) is 0.326. The number of amides is 1. The van der Waals surface area contributed by atoms with Crippen LogP contribution in [-0.2, 0) is 11.2 Å². The number of methoxy groups -OCH3 is 2. The highest BCUT2D eigenvalue weighted by Gasteiger charge is 2.43. The largest absolute Gasteiger partial charge is 0.479 e. The van der Waals surface area contributed by atoms with Gasteiger partial charge < -0.3 is 33.7 Å². The monoisotopic (exact) mass is 593 g/mol. The molecule has 226 valence electrons. The highest BCUT2D eigenvalue weighted by molar-refractivity contribution is 6.88. The van der Waals surface area contributed by atoms with Crippen LogP contribution in [-0.4, -0.2) is 75.3 Å². The molecule has 2 aliphatic rings. The minimum absolute atomic E-state index is 0.00641. The molecule has 42 heavy (non-hydrogen) atoms. The number of fused-ring (bicyclic) bond motifs is 2. The molecule has 0 aliphatic carbocycles. The number of ether oxygens (including phenoxy) is 3. The number of carbonyl (C=O) groups is 1. The van der Waals surface area contributed by atoms with E-state index < -0.39 is 8.07 Å². The Bertz CT molecular complexity index is 1400. The van der Waals surface area contributed by atoms with Gasteiger partial charge in [0.15, 0.2) is 5.69 Å². The third kappa shape index (κ3) is 6.26. The summed E-state index contributed by atoms with van der Waals surface area (Å²) in [6.07, 6.45) is 4.34. The van der Waals surface area contributed by atoms with Gasteiger partial charge in [-0.05, 0) is 64.4 Å². The van der Waals surface area contributed by atoms with Crippen molar-refractivity contribution >= 4 is 30.8 Å². The lowest BCUT2D eigenvalue weighted by Gasteiger charge is -2.41. The van der Waals surface area contributed by atoms with Gasteiger partial charge in [0, 0.05) is 24.2 Å². The maximum Gasteiger partial charge on any atom is 0.290 e. The van der Waals surface area contributed by atoms with Crippen LogP contribution in [0.25, 0.3) is 0 Å². The normalized spacial score (nSPS) is 20.1. The summed E-state index contributed by atoms with van der Waals surface area (Å²) in [5, 5.41) is 4.18. The van der Waals surface area contributed by atoms with Crippen molar-refractivity contribution in [1.29, 1.82) is 0 Å². The summed E-state index contributed by atoms with van der Waals surface area (Å²) < 4.78 is 23.2. The number of nitrogens with one attached hydrogen (secondary N) is 1. The second-order valence-electron chi connectivity index (χ2n) is 12.6. The predicted octanol–water partition coefficient (Wildman–Crippen LogP) is 4.98. The van der Waals surface area contributed by atoms with Crippen molar-refractivity contribution in [2.24, 2.45) is 0 Å². The highest BCUT2D eigenvalue weighted by atomic mass is 28.3. The van der Waals surface area contributed by atoms with Crippen LogP contribution < -0.4 is 29.6 Å². The van der Waals surface area contributed by atoms with Crippen molar-refractivity contribution in [2.75, 3.05) is 38.5 Å². The SMILES string of the molecule is COc1nc(N2C3CCC2CC(N(C)C)C3)nc(OC)c1NC(=O)Cc1ccc(Oc2cc([Si](C)(C)C)ccc2C)o1. The molecule has 2 unspecified atom stereocenters. The summed E-state index contributed by atoms with van der Waals surface area (Å²) in [6.45, 7) is 8.90. The second-order valence-corrected chi connectivity index (χ2v) is 17.7. The Morgan fingerprint density at radius 2 is 1.69 bits per heavy atom. The maximum atomic E-state index is 13.1. The van der Waals surface area contributed by atoms with Gasteiger partial charge in [-0.1, -0.05) is 37.0 Å². The zero-order valence-corrected chi connectivity index (χ0v) is 27.0. The number of hydrogen-bond donors (Lipinski definition) is 1. The molecular weight excluding hydrogens is 550 g/mol. The average Bonchev–Trinajstić information content (AvgIpc) is 3.48. The fourth-order valence-corrected chi connectivity index (χ4v) is 7.11. The molecule has 4 heterocycles. The van der Waals surface area contributed by atoms with Crippen LogP contribution in [0.4, 0.5) is 11.6 Å². The summed E-state index contributed by atoms with van der Waals surface area (Å²) in [6, 6.07) is 11.1. The number of nitrogens with zero attached hydrogens (tertiary/aromatic N) is 4. The molecule has 2 aliphatic heterocycles. The summed E-state index contributed by atoms with van der Waals surface area (Å²) in [7, 11) is 5.85. The zero-order valence-electron chi connectivity index (χ0n) is 26.0. The molecule has 2 atom stereocenters. The molecule has 3 aromatic rings. The lowest BCUT2D eigenvalue weighted by Crippen LogP contribution is -2.49. The summed E-state index contributed by atoms with van der Waals surface area (Å²) >= 11 is 0. The van der Waals surface area contributed by atoms with Crippen molar-refractivity contribution in [3.05, 3.63) is 41.7 Å². The molecular formula is C31H43N5O5Si. The molecule has 2 bridgehead atoms. The minimum Gasteiger partial charge on any atom is -0.479 e. The first kappa shape index (κ1) is 29.9. The van der Waals surface area contributed by atoms with Gasteiger partial charge in [0.05, 0.1) is 28.7 Å². The number of carbonyl (C=O) groups excluding carboxylic acids is 1. The molecule has 10 nitrogen and oxygen atoms in total. The maximum absolute atomic E-state index is 13.1. The van der Waals surface area contributed by atoms with E-state index in [2.05, 4.69) is 67.1 Å². The van der Waals surface area contributed by atoms with Crippen LogP contribution >= 0.6 is 0 Å². The van der Waals surface area contributed by atoms with Crippen molar-refractivity contribution in [1.82, 2.24) is 14.9 Å². The molecule has 1 amide bonds. The number of anilines is 2. The lowest BCUT2D eigenvalue weighted by atomic mass is 9.97. The highest BCUT2D eigenvalue weighted by Crippen LogP contribution is 2.42. The van der Waals surface area contributed by atoms with Gasteiger partial charge in [0.1, 0.15) is 11.5 Å². The van der Waals surface area contributed by atoms with Crippen LogP contribution in [0, 0.1) is 6.92 Å². The van der Waals surface area contributed by atoms with E-state index >= 15 is 0 Å². The van der Waals surface area contributed by atoms with Gasteiger partial charge in [-0.25, -0.2) is 0 Å². The number of rotatable bonds is 10. The fraction of sp³-hybridized carbons (Fsp3) is 0.516. The number of piperidine rings is 1.